The topological polar surface area (TPSA) is 101 Å². The zero-order valence-electron chi connectivity index (χ0n) is 16.5. The predicted molar refractivity (Wildman–Crippen MR) is 105 cm³/mol. The number of amides is 4. The molecule has 28 heavy (non-hydrogen) atoms. The summed E-state index contributed by atoms with van der Waals surface area (Å²) in [5, 5.41) is 5.89. The van der Waals surface area contributed by atoms with Crippen molar-refractivity contribution in [2.45, 2.75) is 46.3 Å². The molecule has 2 aromatic rings. The third-order valence-electron chi connectivity index (χ3n) is 4.22. The Balaban J connectivity index is 1.81. The van der Waals surface area contributed by atoms with Crippen LogP contribution < -0.4 is 15.5 Å². The molecule has 0 radical (unpaired) electrons. The molecule has 1 fully saturated rings. The van der Waals surface area contributed by atoms with Crippen molar-refractivity contribution in [1.82, 2.24) is 15.6 Å². The minimum absolute atomic E-state index is 0.253. The molecular formula is C20H24N4O4. The van der Waals surface area contributed by atoms with Gasteiger partial charge in [0, 0.05) is 24.9 Å². The Morgan fingerprint density at radius 1 is 1.29 bits per heavy atom. The maximum absolute atomic E-state index is 12.2. The van der Waals surface area contributed by atoms with Crippen LogP contribution >= 0.6 is 0 Å². The van der Waals surface area contributed by atoms with E-state index in [0.717, 1.165) is 16.5 Å². The molecule has 2 heterocycles. The Bertz CT molecular complexity index is 949. The van der Waals surface area contributed by atoms with Crippen LogP contribution in [-0.4, -0.2) is 35.2 Å². The molecule has 1 aliphatic heterocycles. The van der Waals surface area contributed by atoms with Gasteiger partial charge in [-0.05, 0) is 51.5 Å². The highest BCUT2D eigenvalue weighted by atomic mass is 16.6. The molecule has 0 bridgehead atoms. The molecule has 0 atom stereocenters. The Labute approximate surface area is 163 Å². The zero-order valence-corrected chi connectivity index (χ0v) is 16.5. The Morgan fingerprint density at radius 3 is 2.71 bits per heavy atom. The average Bonchev–Trinajstić information content (AvgIpc) is 2.58. The monoisotopic (exact) mass is 384 g/mol. The number of alkyl carbamates (subject to hydrolysis) is 1. The quantitative estimate of drug-likeness (QED) is 0.847. The number of urea groups is 1. The Kier molecular flexibility index (Phi) is 5.22. The maximum atomic E-state index is 12.2. The number of pyridine rings is 1. The smallest absolute Gasteiger partial charge is 0.407 e. The van der Waals surface area contributed by atoms with Crippen LogP contribution in [0.2, 0.25) is 0 Å². The Hall–Kier alpha value is -3.16. The molecular weight excluding hydrogens is 360 g/mol. The van der Waals surface area contributed by atoms with Crippen LogP contribution in [0.3, 0.4) is 0 Å². The number of anilines is 1. The molecule has 2 N–H and O–H groups in total. The summed E-state index contributed by atoms with van der Waals surface area (Å²) >= 11 is 0. The third kappa shape index (κ3) is 4.57. The summed E-state index contributed by atoms with van der Waals surface area (Å²) in [5.74, 6) is -0.275. The number of fused-ring (bicyclic) bond motifs is 1. The molecule has 8 heteroatoms. The van der Waals surface area contributed by atoms with Crippen LogP contribution in [0.4, 0.5) is 15.3 Å². The van der Waals surface area contributed by atoms with E-state index in [-0.39, 0.29) is 12.3 Å². The van der Waals surface area contributed by atoms with Crippen molar-refractivity contribution in [3.63, 3.8) is 0 Å². The second-order valence-corrected chi connectivity index (χ2v) is 7.73. The summed E-state index contributed by atoms with van der Waals surface area (Å²) in [4.78, 5) is 41.5. The normalized spacial score (nSPS) is 14.8. The van der Waals surface area contributed by atoms with Crippen molar-refractivity contribution in [3.05, 3.63) is 35.5 Å². The lowest BCUT2D eigenvalue weighted by atomic mass is 10.1. The number of aromatic nitrogens is 1. The van der Waals surface area contributed by atoms with Crippen molar-refractivity contribution >= 4 is 34.6 Å². The van der Waals surface area contributed by atoms with E-state index in [0.29, 0.717) is 24.5 Å². The fourth-order valence-corrected chi connectivity index (χ4v) is 2.98. The summed E-state index contributed by atoms with van der Waals surface area (Å²) in [6, 6.07) is 7.11. The van der Waals surface area contributed by atoms with Crippen molar-refractivity contribution in [2.24, 2.45) is 0 Å². The Morgan fingerprint density at radius 2 is 2.04 bits per heavy atom. The van der Waals surface area contributed by atoms with Crippen LogP contribution in [0.25, 0.3) is 10.9 Å². The molecule has 0 unspecified atom stereocenters. The first-order chi connectivity index (χ1) is 13.1. The number of nitrogens with zero attached hydrogens (tertiary/aromatic N) is 2. The summed E-state index contributed by atoms with van der Waals surface area (Å²) in [5.41, 5.74) is 2.48. The summed E-state index contributed by atoms with van der Waals surface area (Å²) in [6.07, 6.45) is -0.228. The van der Waals surface area contributed by atoms with Gasteiger partial charge in [0.05, 0.1) is 16.9 Å². The van der Waals surface area contributed by atoms with Gasteiger partial charge in [0.15, 0.2) is 0 Å². The van der Waals surface area contributed by atoms with Gasteiger partial charge in [-0.1, -0.05) is 6.07 Å². The van der Waals surface area contributed by atoms with Crippen molar-refractivity contribution in [1.29, 1.82) is 0 Å². The summed E-state index contributed by atoms with van der Waals surface area (Å²) in [7, 11) is 0. The van der Waals surface area contributed by atoms with Gasteiger partial charge in [-0.25, -0.2) is 9.59 Å². The molecule has 148 valence electrons. The molecule has 1 aliphatic rings. The molecule has 1 saturated heterocycles. The van der Waals surface area contributed by atoms with Gasteiger partial charge in [-0.3, -0.25) is 20.0 Å². The molecule has 1 aromatic heterocycles. The van der Waals surface area contributed by atoms with E-state index < -0.39 is 17.7 Å². The lowest BCUT2D eigenvalue weighted by Crippen LogP contribution is -2.49. The summed E-state index contributed by atoms with van der Waals surface area (Å²) < 4.78 is 5.24. The highest BCUT2D eigenvalue weighted by Crippen LogP contribution is 2.26. The van der Waals surface area contributed by atoms with E-state index in [1.54, 1.807) is 0 Å². The largest absolute Gasteiger partial charge is 0.444 e. The number of benzene rings is 1. The first-order valence-corrected chi connectivity index (χ1v) is 9.11. The van der Waals surface area contributed by atoms with Gasteiger partial charge in [0.25, 0.3) is 0 Å². The molecule has 4 amide bonds. The van der Waals surface area contributed by atoms with E-state index >= 15 is 0 Å². The fraction of sp³-hybridized carbons (Fsp3) is 0.400. The van der Waals surface area contributed by atoms with Crippen molar-refractivity contribution < 1.29 is 19.1 Å². The van der Waals surface area contributed by atoms with Gasteiger partial charge in [0.1, 0.15) is 5.60 Å². The molecule has 0 saturated carbocycles. The van der Waals surface area contributed by atoms with Crippen LogP contribution in [0, 0.1) is 6.92 Å². The zero-order chi connectivity index (χ0) is 20.5. The SMILES string of the molecule is Cc1nc2ccc(CNC(=O)OC(C)(C)C)cc2cc1N1CCC(=O)NC1=O. The number of carbonyl (C=O) groups excluding carboxylic acids is 3. The molecule has 1 aromatic carbocycles. The first-order valence-electron chi connectivity index (χ1n) is 9.11. The van der Waals surface area contributed by atoms with Crippen LogP contribution in [-0.2, 0) is 16.1 Å². The fourth-order valence-electron chi connectivity index (χ4n) is 2.98. The molecule has 0 spiro atoms. The number of ether oxygens (including phenoxy) is 1. The van der Waals surface area contributed by atoms with Crippen molar-refractivity contribution in [2.75, 3.05) is 11.4 Å². The molecule has 8 nitrogen and oxygen atoms in total. The second-order valence-electron chi connectivity index (χ2n) is 7.73. The number of hydrogen-bond donors (Lipinski definition) is 2. The number of hydrogen-bond acceptors (Lipinski definition) is 5. The van der Waals surface area contributed by atoms with E-state index in [1.165, 1.54) is 4.90 Å². The number of imide groups is 1. The van der Waals surface area contributed by atoms with Gasteiger partial charge in [0.2, 0.25) is 5.91 Å². The van der Waals surface area contributed by atoms with Crippen LogP contribution in [0.1, 0.15) is 38.4 Å². The standard InChI is InChI=1S/C20H24N4O4/c1-12-16(24-8-7-17(25)23-18(24)26)10-14-9-13(5-6-15(14)22-12)11-21-19(27)28-20(2,3)4/h5-6,9-10H,7-8,11H2,1-4H3,(H,21,27)(H,23,25,26). The second kappa shape index (κ2) is 7.46. The third-order valence-corrected chi connectivity index (χ3v) is 4.22. The van der Waals surface area contributed by atoms with Gasteiger partial charge >= 0.3 is 12.1 Å². The van der Waals surface area contributed by atoms with Crippen LogP contribution in [0.5, 0.6) is 0 Å². The van der Waals surface area contributed by atoms with E-state index in [9.17, 15) is 14.4 Å². The van der Waals surface area contributed by atoms with Gasteiger partial charge in [-0.15, -0.1) is 0 Å². The minimum Gasteiger partial charge on any atom is -0.444 e. The van der Waals surface area contributed by atoms with E-state index in [2.05, 4.69) is 15.6 Å². The first kappa shape index (κ1) is 19.6. The average molecular weight is 384 g/mol. The van der Waals surface area contributed by atoms with Gasteiger partial charge in [-0.2, -0.15) is 0 Å². The number of carbonyl (C=O) groups is 3. The van der Waals surface area contributed by atoms with Crippen LogP contribution in [0.15, 0.2) is 24.3 Å². The molecule has 3 rings (SSSR count). The van der Waals surface area contributed by atoms with E-state index in [1.807, 2.05) is 52.0 Å². The van der Waals surface area contributed by atoms with E-state index in [4.69, 9.17) is 4.74 Å². The highest BCUT2D eigenvalue weighted by molar-refractivity contribution is 6.06. The van der Waals surface area contributed by atoms with Crippen molar-refractivity contribution in [3.8, 4) is 0 Å². The highest BCUT2D eigenvalue weighted by Gasteiger charge is 2.26. The minimum atomic E-state index is -0.555. The lowest BCUT2D eigenvalue weighted by molar-refractivity contribution is -0.120. The number of aryl methyl sites for hydroxylation is 1. The predicted octanol–water partition coefficient (Wildman–Crippen LogP) is 3.01. The summed E-state index contributed by atoms with van der Waals surface area (Å²) in [6.45, 7) is 7.88. The number of nitrogens with one attached hydrogen (secondary N) is 2. The maximum Gasteiger partial charge on any atom is 0.407 e. The lowest BCUT2D eigenvalue weighted by Gasteiger charge is -2.27. The molecule has 0 aliphatic carbocycles. The number of rotatable bonds is 3. The van der Waals surface area contributed by atoms with Gasteiger partial charge < -0.3 is 10.1 Å².